The van der Waals surface area contributed by atoms with Crippen molar-refractivity contribution in [1.82, 2.24) is 9.38 Å². The summed E-state index contributed by atoms with van der Waals surface area (Å²) in [6, 6.07) is 6.11. The van der Waals surface area contributed by atoms with Gasteiger partial charge in [-0.05, 0) is 31.5 Å². The summed E-state index contributed by atoms with van der Waals surface area (Å²) in [7, 11) is 0. The second kappa shape index (κ2) is 6.06. The van der Waals surface area contributed by atoms with E-state index in [1.54, 1.807) is 0 Å². The van der Waals surface area contributed by atoms with E-state index in [1.165, 1.54) is 5.69 Å². The maximum Gasteiger partial charge on any atom is 0.151 e. The molecule has 2 rings (SSSR count). The zero-order valence-corrected chi connectivity index (χ0v) is 12.1. The normalized spacial score (nSPS) is 11.4. The average Bonchev–Trinajstić information content (AvgIpc) is 2.75. The third-order valence-corrected chi connectivity index (χ3v) is 3.26. The molecular weight excluding hydrogens is 236 g/mol. The van der Waals surface area contributed by atoms with E-state index < -0.39 is 0 Å². The number of anilines is 1. The van der Waals surface area contributed by atoms with Crippen molar-refractivity contribution in [3.05, 3.63) is 30.1 Å². The Balaban J connectivity index is 2.47. The molecule has 0 saturated heterocycles. The first-order valence-corrected chi connectivity index (χ1v) is 7.08. The first-order valence-electron chi connectivity index (χ1n) is 7.08. The zero-order chi connectivity index (χ0) is 13.8. The number of imidazole rings is 1. The Morgan fingerprint density at radius 1 is 1.37 bits per heavy atom. The van der Waals surface area contributed by atoms with Crippen LogP contribution in [0.1, 0.15) is 26.5 Å². The molecule has 0 aliphatic carbocycles. The van der Waals surface area contributed by atoms with Crippen LogP contribution in [0.2, 0.25) is 0 Å². The molecule has 0 spiro atoms. The van der Waals surface area contributed by atoms with Crippen molar-refractivity contribution >= 4 is 11.5 Å². The molecule has 0 saturated carbocycles. The number of fused-ring (bicyclic) bond motifs is 1. The molecule has 0 bridgehead atoms. The molecule has 0 unspecified atom stereocenters. The number of rotatable bonds is 6. The lowest BCUT2D eigenvalue weighted by Gasteiger charge is -2.24. The van der Waals surface area contributed by atoms with Crippen molar-refractivity contribution in [1.29, 1.82) is 0 Å². The minimum atomic E-state index is 0.621. The SMILES string of the molecule is CCN(CC(C)C)c1nc2ccccn2c1CCN. The van der Waals surface area contributed by atoms with Gasteiger partial charge in [-0.3, -0.25) is 0 Å². The monoisotopic (exact) mass is 260 g/mol. The van der Waals surface area contributed by atoms with Crippen molar-refractivity contribution in [3.63, 3.8) is 0 Å². The van der Waals surface area contributed by atoms with Crippen molar-refractivity contribution in [3.8, 4) is 0 Å². The van der Waals surface area contributed by atoms with Crippen LogP contribution in [0, 0.1) is 5.92 Å². The topological polar surface area (TPSA) is 46.6 Å². The van der Waals surface area contributed by atoms with E-state index in [1.807, 2.05) is 18.2 Å². The fourth-order valence-corrected chi connectivity index (χ4v) is 2.46. The molecule has 0 aliphatic heterocycles. The molecule has 0 atom stereocenters. The Morgan fingerprint density at radius 2 is 2.16 bits per heavy atom. The Bertz CT molecular complexity index is 530. The predicted molar refractivity (Wildman–Crippen MR) is 80.7 cm³/mol. The van der Waals surface area contributed by atoms with Gasteiger partial charge in [-0.2, -0.15) is 0 Å². The summed E-state index contributed by atoms with van der Waals surface area (Å²) in [6.07, 6.45) is 2.93. The van der Waals surface area contributed by atoms with E-state index in [2.05, 4.69) is 36.3 Å². The Morgan fingerprint density at radius 3 is 2.79 bits per heavy atom. The summed E-state index contributed by atoms with van der Waals surface area (Å²) in [5.74, 6) is 1.71. The van der Waals surface area contributed by atoms with Crippen LogP contribution in [-0.4, -0.2) is 29.0 Å². The van der Waals surface area contributed by atoms with Gasteiger partial charge in [-0.25, -0.2) is 4.98 Å². The van der Waals surface area contributed by atoms with E-state index in [0.29, 0.717) is 12.5 Å². The maximum atomic E-state index is 5.76. The van der Waals surface area contributed by atoms with Crippen molar-refractivity contribution in [2.24, 2.45) is 11.7 Å². The highest BCUT2D eigenvalue weighted by molar-refractivity contribution is 5.56. The summed E-state index contributed by atoms with van der Waals surface area (Å²) in [5, 5.41) is 0. The van der Waals surface area contributed by atoms with E-state index in [4.69, 9.17) is 10.7 Å². The first-order chi connectivity index (χ1) is 9.17. The van der Waals surface area contributed by atoms with E-state index in [9.17, 15) is 0 Å². The first kappa shape index (κ1) is 13.9. The molecule has 0 amide bonds. The van der Waals surface area contributed by atoms with Gasteiger partial charge in [0.2, 0.25) is 0 Å². The van der Waals surface area contributed by atoms with Gasteiger partial charge in [0.15, 0.2) is 5.82 Å². The standard InChI is InChI=1S/C15H24N4/c1-4-18(11-12(2)3)15-13(8-9-16)19-10-6-5-7-14(19)17-15/h5-7,10,12H,4,8-9,11,16H2,1-3H3. The molecule has 0 radical (unpaired) electrons. The summed E-state index contributed by atoms with van der Waals surface area (Å²) in [4.78, 5) is 7.14. The van der Waals surface area contributed by atoms with Crippen LogP contribution in [0.5, 0.6) is 0 Å². The molecule has 2 heterocycles. The molecule has 0 aromatic carbocycles. The van der Waals surface area contributed by atoms with Crippen LogP contribution in [0.25, 0.3) is 5.65 Å². The van der Waals surface area contributed by atoms with Gasteiger partial charge < -0.3 is 15.0 Å². The lowest BCUT2D eigenvalue weighted by atomic mass is 10.2. The molecule has 2 N–H and O–H groups in total. The fourth-order valence-electron chi connectivity index (χ4n) is 2.46. The van der Waals surface area contributed by atoms with Crippen molar-refractivity contribution < 1.29 is 0 Å². The van der Waals surface area contributed by atoms with Gasteiger partial charge in [0.05, 0.1) is 5.69 Å². The highest BCUT2D eigenvalue weighted by atomic mass is 15.2. The van der Waals surface area contributed by atoms with Gasteiger partial charge in [0.1, 0.15) is 5.65 Å². The number of aromatic nitrogens is 2. The molecule has 4 nitrogen and oxygen atoms in total. The second-order valence-corrected chi connectivity index (χ2v) is 5.28. The Hall–Kier alpha value is -1.55. The van der Waals surface area contributed by atoms with Gasteiger partial charge >= 0.3 is 0 Å². The zero-order valence-electron chi connectivity index (χ0n) is 12.1. The summed E-state index contributed by atoms with van der Waals surface area (Å²) in [5.41, 5.74) is 7.99. The molecule has 104 valence electrons. The highest BCUT2D eigenvalue weighted by Crippen LogP contribution is 2.22. The van der Waals surface area contributed by atoms with Crippen LogP contribution >= 0.6 is 0 Å². The Labute approximate surface area is 115 Å². The van der Waals surface area contributed by atoms with E-state index >= 15 is 0 Å². The molecule has 0 fully saturated rings. The van der Waals surface area contributed by atoms with Gasteiger partial charge in [0.25, 0.3) is 0 Å². The van der Waals surface area contributed by atoms with Crippen LogP contribution in [0.4, 0.5) is 5.82 Å². The number of pyridine rings is 1. The molecule has 2 aromatic rings. The van der Waals surface area contributed by atoms with Crippen LogP contribution in [0.15, 0.2) is 24.4 Å². The van der Waals surface area contributed by atoms with E-state index in [0.717, 1.165) is 31.0 Å². The number of nitrogens with zero attached hydrogens (tertiary/aromatic N) is 3. The average molecular weight is 260 g/mol. The van der Waals surface area contributed by atoms with E-state index in [-0.39, 0.29) is 0 Å². The second-order valence-electron chi connectivity index (χ2n) is 5.28. The van der Waals surface area contributed by atoms with Crippen molar-refractivity contribution in [2.75, 3.05) is 24.5 Å². The van der Waals surface area contributed by atoms with Crippen LogP contribution in [0.3, 0.4) is 0 Å². The minimum absolute atomic E-state index is 0.621. The van der Waals surface area contributed by atoms with Gasteiger partial charge in [-0.15, -0.1) is 0 Å². The van der Waals surface area contributed by atoms with Gasteiger partial charge in [-0.1, -0.05) is 19.9 Å². The summed E-state index contributed by atoms with van der Waals surface area (Å²) >= 11 is 0. The van der Waals surface area contributed by atoms with Crippen molar-refractivity contribution in [2.45, 2.75) is 27.2 Å². The lowest BCUT2D eigenvalue weighted by Crippen LogP contribution is -2.28. The maximum absolute atomic E-state index is 5.76. The van der Waals surface area contributed by atoms with Crippen LogP contribution in [-0.2, 0) is 6.42 Å². The highest BCUT2D eigenvalue weighted by Gasteiger charge is 2.17. The third kappa shape index (κ3) is 2.89. The van der Waals surface area contributed by atoms with Crippen LogP contribution < -0.4 is 10.6 Å². The molecule has 19 heavy (non-hydrogen) atoms. The fraction of sp³-hybridized carbons (Fsp3) is 0.533. The number of nitrogens with two attached hydrogens (primary N) is 1. The number of hydrogen-bond acceptors (Lipinski definition) is 3. The summed E-state index contributed by atoms with van der Waals surface area (Å²) in [6.45, 7) is 9.30. The largest absolute Gasteiger partial charge is 0.355 e. The molecular formula is C15H24N4. The Kier molecular flexibility index (Phi) is 4.43. The molecule has 0 aliphatic rings. The molecule has 4 heteroatoms. The predicted octanol–water partition coefficient (Wildman–Crippen LogP) is 2.32. The third-order valence-electron chi connectivity index (χ3n) is 3.26. The van der Waals surface area contributed by atoms with Gasteiger partial charge in [0, 0.05) is 25.7 Å². The summed E-state index contributed by atoms with van der Waals surface area (Å²) < 4.78 is 2.16. The smallest absolute Gasteiger partial charge is 0.151 e. The molecule has 2 aromatic heterocycles. The lowest BCUT2D eigenvalue weighted by molar-refractivity contribution is 0.613. The minimum Gasteiger partial charge on any atom is -0.355 e. The quantitative estimate of drug-likeness (QED) is 0.867. The number of hydrogen-bond donors (Lipinski definition) is 1.